The highest BCUT2D eigenvalue weighted by molar-refractivity contribution is 8.01. The molecule has 0 aliphatic heterocycles. The second kappa shape index (κ2) is 5.35. The largest absolute Gasteiger partial charge is 0.433 e. The lowest BCUT2D eigenvalue weighted by Crippen LogP contribution is -2.10. The van der Waals surface area contributed by atoms with Crippen LogP contribution in [0.15, 0.2) is 21.8 Å². The first-order chi connectivity index (χ1) is 10.3. The molecule has 3 heterocycles. The second-order valence-electron chi connectivity index (χ2n) is 4.30. The van der Waals surface area contributed by atoms with Crippen molar-refractivity contribution in [2.75, 3.05) is 19.0 Å². The maximum atomic E-state index is 12.9. The Balaban J connectivity index is 2.03. The molecule has 7 nitrogen and oxygen atoms in total. The molecular formula is C10H8F3N7S2. The summed E-state index contributed by atoms with van der Waals surface area (Å²) >= 11 is 2.29. The Bertz CT molecular complexity index is 810. The van der Waals surface area contributed by atoms with Crippen molar-refractivity contribution >= 4 is 34.0 Å². The molecular weight excluding hydrogens is 339 g/mol. The van der Waals surface area contributed by atoms with Crippen LogP contribution in [0.4, 0.5) is 18.3 Å². The van der Waals surface area contributed by atoms with Gasteiger partial charge in [-0.05, 0) is 11.8 Å². The van der Waals surface area contributed by atoms with E-state index >= 15 is 0 Å². The third-order valence-corrected chi connectivity index (χ3v) is 4.62. The Morgan fingerprint density at radius 3 is 2.68 bits per heavy atom. The number of rotatable bonds is 3. The molecule has 3 rings (SSSR count). The average Bonchev–Trinajstić information content (AvgIpc) is 3.05. The van der Waals surface area contributed by atoms with Gasteiger partial charge >= 0.3 is 6.18 Å². The first kappa shape index (κ1) is 15.0. The van der Waals surface area contributed by atoms with Crippen LogP contribution in [0.25, 0.3) is 5.78 Å². The number of aromatic nitrogens is 6. The van der Waals surface area contributed by atoms with E-state index in [0.717, 1.165) is 24.2 Å². The molecule has 0 aliphatic rings. The van der Waals surface area contributed by atoms with Crippen LogP contribution < -0.4 is 4.90 Å². The third kappa shape index (κ3) is 2.83. The minimum Gasteiger partial charge on any atom is -0.353 e. The number of hydrogen-bond donors (Lipinski definition) is 0. The molecule has 3 aromatic heterocycles. The van der Waals surface area contributed by atoms with Gasteiger partial charge in [0, 0.05) is 20.2 Å². The number of nitrogens with zero attached hydrogens (tertiary/aromatic N) is 7. The maximum Gasteiger partial charge on any atom is 0.433 e. The molecule has 0 unspecified atom stereocenters. The van der Waals surface area contributed by atoms with Gasteiger partial charge in [-0.2, -0.15) is 27.8 Å². The Hall–Kier alpha value is -1.95. The first-order valence-electron chi connectivity index (χ1n) is 5.81. The van der Waals surface area contributed by atoms with Gasteiger partial charge in [-0.3, -0.25) is 0 Å². The molecule has 0 aliphatic carbocycles. The standard InChI is InChI=1S/C10H8F3N7S2/c1-19(2)8-17-18-9(22-8)21-6-3-5(10(11,12)13)16-7-14-4-15-20(6)7/h3-4H,1-2H3. The van der Waals surface area contributed by atoms with Crippen molar-refractivity contribution < 1.29 is 13.2 Å². The quantitative estimate of drug-likeness (QED) is 0.673. The Morgan fingerprint density at radius 2 is 2.05 bits per heavy atom. The number of hydrogen-bond acceptors (Lipinski definition) is 8. The van der Waals surface area contributed by atoms with Crippen molar-refractivity contribution in [3.8, 4) is 0 Å². The van der Waals surface area contributed by atoms with Crippen molar-refractivity contribution in [2.45, 2.75) is 15.5 Å². The molecule has 0 amide bonds. The highest BCUT2D eigenvalue weighted by Gasteiger charge is 2.34. The van der Waals surface area contributed by atoms with E-state index in [-0.39, 0.29) is 10.8 Å². The van der Waals surface area contributed by atoms with Gasteiger partial charge in [0.1, 0.15) is 11.4 Å². The van der Waals surface area contributed by atoms with E-state index in [4.69, 9.17) is 0 Å². The van der Waals surface area contributed by atoms with Crippen LogP contribution in [0.2, 0.25) is 0 Å². The number of halogens is 3. The average molecular weight is 347 g/mol. The van der Waals surface area contributed by atoms with Gasteiger partial charge in [0.25, 0.3) is 5.78 Å². The predicted octanol–water partition coefficient (Wildman–Crippen LogP) is 2.21. The number of anilines is 1. The van der Waals surface area contributed by atoms with Gasteiger partial charge in [-0.1, -0.05) is 11.3 Å². The number of fused-ring (bicyclic) bond motifs is 1. The molecule has 0 spiro atoms. The van der Waals surface area contributed by atoms with Crippen molar-refractivity contribution in [1.29, 1.82) is 0 Å². The molecule has 0 N–H and O–H groups in total. The molecule has 3 aromatic rings. The summed E-state index contributed by atoms with van der Waals surface area (Å²) in [5.41, 5.74) is -1.02. The SMILES string of the molecule is CN(C)c1nnc(Sc2cc(C(F)(F)F)nc3ncnn23)s1. The van der Waals surface area contributed by atoms with Gasteiger partial charge in [0.15, 0.2) is 10.0 Å². The molecule has 22 heavy (non-hydrogen) atoms. The highest BCUT2D eigenvalue weighted by Crippen LogP contribution is 2.35. The molecule has 116 valence electrons. The van der Waals surface area contributed by atoms with Crippen LogP contribution in [0.5, 0.6) is 0 Å². The third-order valence-electron chi connectivity index (χ3n) is 2.48. The zero-order valence-electron chi connectivity index (χ0n) is 11.2. The van der Waals surface area contributed by atoms with Crippen molar-refractivity contribution in [1.82, 2.24) is 29.8 Å². The van der Waals surface area contributed by atoms with Crippen molar-refractivity contribution in [3.63, 3.8) is 0 Å². The van der Waals surface area contributed by atoms with Crippen LogP contribution in [0.1, 0.15) is 5.69 Å². The van der Waals surface area contributed by atoms with Gasteiger partial charge in [0.05, 0.1) is 0 Å². The van der Waals surface area contributed by atoms with E-state index in [1.165, 1.54) is 15.9 Å². The molecule has 0 saturated heterocycles. The zero-order valence-corrected chi connectivity index (χ0v) is 12.9. The smallest absolute Gasteiger partial charge is 0.353 e. The van der Waals surface area contributed by atoms with Crippen LogP contribution >= 0.6 is 23.1 Å². The summed E-state index contributed by atoms with van der Waals surface area (Å²) in [6.07, 6.45) is -3.41. The van der Waals surface area contributed by atoms with Gasteiger partial charge in [-0.15, -0.1) is 10.2 Å². The highest BCUT2D eigenvalue weighted by atomic mass is 32.2. The lowest BCUT2D eigenvalue weighted by atomic mass is 10.4. The van der Waals surface area contributed by atoms with Crippen LogP contribution in [0, 0.1) is 0 Å². The Morgan fingerprint density at radius 1 is 1.27 bits per heavy atom. The lowest BCUT2D eigenvalue weighted by molar-refractivity contribution is -0.141. The second-order valence-corrected chi connectivity index (χ2v) is 6.52. The lowest BCUT2D eigenvalue weighted by Gasteiger charge is -2.08. The van der Waals surface area contributed by atoms with Gasteiger partial charge < -0.3 is 4.90 Å². The minimum absolute atomic E-state index is 0.116. The van der Waals surface area contributed by atoms with E-state index in [1.54, 1.807) is 19.0 Å². The van der Waals surface area contributed by atoms with E-state index in [9.17, 15) is 13.2 Å². The minimum atomic E-state index is -4.56. The zero-order chi connectivity index (χ0) is 15.9. The summed E-state index contributed by atoms with van der Waals surface area (Å²) in [7, 11) is 3.61. The van der Waals surface area contributed by atoms with E-state index < -0.39 is 11.9 Å². The fraction of sp³-hybridized carbons (Fsp3) is 0.300. The summed E-state index contributed by atoms with van der Waals surface area (Å²) in [6, 6.07) is 0.920. The Kier molecular flexibility index (Phi) is 3.64. The fourth-order valence-electron chi connectivity index (χ4n) is 1.52. The van der Waals surface area contributed by atoms with Crippen LogP contribution in [0.3, 0.4) is 0 Å². The monoisotopic (exact) mass is 347 g/mol. The predicted molar refractivity (Wildman–Crippen MR) is 74.1 cm³/mol. The summed E-state index contributed by atoms with van der Waals surface area (Å²) in [5.74, 6) is -0.116. The van der Waals surface area contributed by atoms with E-state index in [2.05, 4.69) is 25.3 Å². The summed E-state index contributed by atoms with van der Waals surface area (Å²) in [4.78, 5) is 8.93. The maximum absolute atomic E-state index is 12.9. The van der Waals surface area contributed by atoms with Crippen molar-refractivity contribution in [2.24, 2.45) is 0 Å². The normalized spacial score (nSPS) is 12.0. The van der Waals surface area contributed by atoms with Gasteiger partial charge in [0.2, 0.25) is 5.13 Å². The van der Waals surface area contributed by atoms with Crippen LogP contribution in [-0.2, 0) is 6.18 Å². The van der Waals surface area contributed by atoms with Gasteiger partial charge in [-0.25, -0.2) is 4.98 Å². The molecule has 0 bridgehead atoms. The van der Waals surface area contributed by atoms with Crippen LogP contribution in [-0.4, -0.2) is 43.9 Å². The summed E-state index contributed by atoms with van der Waals surface area (Å²) < 4.78 is 40.4. The topological polar surface area (TPSA) is 72.1 Å². The fourth-order valence-corrected chi connectivity index (χ4v) is 3.31. The molecule has 0 fully saturated rings. The summed E-state index contributed by atoms with van der Waals surface area (Å²) in [5, 5.41) is 12.6. The Labute approximate surface area is 130 Å². The molecule has 0 atom stereocenters. The molecule has 0 aromatic carbocycles. The molecule has 0 radical (unpaired) electrons. The molecule has 12 heteroatoms. The van der Waals surface area contributed by atoms with E-state index in [1.807, 2.05) is 0 Å². The molecule has 0 saturated carbocycles. The van der Waals surface area contributed by atoms with Crippen molar-refractivity contribution in [3.05, 3.63) is 18.1 Å². The summed E-state index contributed by atoms with van der Waals surface area (Å²) in [6.45, 7) is 0. The first-order valence-corrected chi connectivity index (χ1v) is 7.44. The van der Waals surface area contributed by atoms with E-state index in [0.29, 0.717) is 9.47 Å². The number of alkyl halides is 3.